The Morgan fingerprint density at radius 1 is 1.56 bits per heavy atom. The molecule has 1 aromatic rings. The molecule has 0 amide bonds. The van der Waals surface area contributed by atoms with Crippen molar-refractivity contribution in [3.63, 3.8) is 0 Å². The maximum atomic E-state index is 5.87. The van der Waals surface area contributed by atoms with Crippen LogP contribution in [0.15, 0.2) is 54.2 Å². The number of pyridine rings is 1. The topological polar surface area (TPSA) is 38.9 Å². The first-order chi connectivity index (χ1) is 7.67. The first-order valence-corrected chi connectivity index (χ1v) is 5.95. The number of hydrogen-bond acceptors (Lipinski definition) is 3. The SMILES string of the molecule is C=C/C=C(\C=C)CSc1ncc(C)cc1N. The molecule has 0 saturated carbocycles. The zero-order valence-electron chi connectivity index (χ0n) is 9.44. The van der Waals surface area contributed by atoms with Crippen molar-refractivity contribution < 1.29 is 0 Å². The van der Waals surface area contributed by atoms with Gasteiger partial charge in [0.1, 0.15) is 5.03 Å². The number of hydrogen-bond donors (Lipinski definition) is 1. The van der Waals surface area contributed by atoms with Crippen LogP contribution in [-0.2, 0) is 0 Å². The smallest absolute Gasteiger partial charge is 0.119 e. The lowest BCUT2D eigenvalue weighted by Gasteiger charge is -2.05. The van der Waals surface area contributed by atoms with E-state index in [4.69, 9.17) is 5.73 Å². The highest BCUT2D eigenvalue weighted by molar-refractivity contribution is 7.99. The molecule has 3 heteroatoms. The average molecular weight is 232 g/mol. The van der Waals surface area contributed by atoms with E-state index in [-0.39, 0.29) is 0 Å². The van der Waals surface area contributed by atoms with Gasteiger partial charge in [0.2, 0.25) is 0 Å². The number of rotatable bonds is 5. The van der Waals surface area contributed by atoms with Crippen LogP contribution in [0.25, 0.3) is 0 Å². The van der Waals surface area contributed by atoms with Crippen molar-refractivity contribution in [3.05, 3.63) is 54.8 Å². The van der Waals surface area contributed by atoms with Crippen molar-refractivity contribution in [1.82, 2.24) is 4.98 Å². The highest BCUT2D eigenvalue weighted by atomic mass is 32.2. The van der Waals surface area contributed by atoms with Crippen LogP contribution in [0.5, 0.6) is 0 Å². The molecule has 0 aliphatic heterocycles. The summed E-state index contributed by atoms with van der Waals surface area (Å²) in [5.41, 5.74) is 8.79. The third-order valence-electron chi connectivity index (χ3n) is 1.99. The Balaban J connectivity index is 2.70. The van der Waals surface area contributed by atoms with Gasteiger partial charge in [0.25, 0.3) is 0 Å². The normalized spacial score (nSPS) is 11.2. The van der Waals surface area contributed by atoms with Crippen LogP contribution in [0.3, 0.4) is 0 Å². The fourth-order valence-electron chi connectivity index (χ4n) is 1.18. The summed E-state index contributed by atoms with van der Waals surface area (Å²) in [6.07, 6.45) is 7.33. The van der Waals surface area contributed by atoms with Gasteiger partial charge in [-0.3, -0.25) is 0 Å². The van der Waals surface area contributed by atoms with Gasteiger partial charge in [0, 0.05) is 11.9 Å². The second-order valence-corrected chi connectivity index (χ2v) is 4.34. The number of nitrogens with zero attached hydrogens (tertiary/aromatic N) is 1. The van der Waals surface area contributed by atoms with Crippen molar-refractivity contribution in [2.45, 2.75) is 11.9 Å². The Morgan fingerprint density at radius 3 is 2.88 bits per heavy atom. The molecule has 0 bridgehead atoms. The Morgan fingerprint density at radius 2 is 2.31 bits per heavy atom. The van der Waals surface area contributed by atoms with Crippen molar-refractivity contribution in [1.29, 1.82) is 0 Å². The van der Waals surface area contributed by atoms with E-state index in [0.29, 0.717) is 0 Å². The number of anilines is 1. The molecule has 0 saturated heterocycles. The Hall–Kier alpha value is -1.48. The van der Waals surface area contributed by atoms with E-state index in [1.165, 1.54) is 0 Å². The number of allylic oxidation sites excluding steroid dienone is 3. The molecule has 1 heterocycles. The molecule has 0 aromatic carbocycles. The van der Waals surface area contributed by atoms with E-state index in [9.17, 15) is 0 Å². The fourth-order valence-corrected chi connectivity index (χ4v) is 2.05. The molecule has 0 aliphatic rings. The Kier molecular flexibility index (Phi) is 4.86. The van der Waals surface area contributed by atoms with Gasteiger partial charge in [-0.25, -0.2) is 4.98 Å². The van der Waals surface area contributed by atoms with Crippen molar-refractivity contribution in [3.8, 4) is 0 Å². The van der Waals surface area contributed by atoms with Crippen LogP contribution in [0.2, 0.25) is 0 Å². The number of nitrogens with two attached hydrogens (primary N) is 1. The van der Waals surface area contributed by atoms with Crippen molar-refractivity contribution >= 4 is 17.4 Å². The van der Waals surface area contributed by atoms with Gasteiger partial charge >= 0.3 is 0 Å². The molecule has 0 fully saturated rings. The zero-order chi connectivity index (χ0) is 12.0. The van der Waals surface area contributed by atoms with Gasteiger partial charge in [-0.05, 0) is 24.1 Å². The predicted octanol–water partition coefficient (Wildman–Crippen LogP) is 3.36. The second kappa shape index (κ2) is 6.18. The first-order valence-electron chi connectivity index (χ1n) is 4.96. The van der Waals surface area contributed by atoms with Gasteiger partial charge in [0.15, 0.2) is 0 Å². The van der Waals surface area contributed by atoms with E-state index in [2.05, 4.69) is 18.1 Å². The lowest BCUT2D eigenvalue weighted by atomic mass is 10.3. The maximum absolute atomic E-state index is 5.87. The monoisotopic (exact) mass is 232 g/mol. The molecule has 1 rings (SSSR count). The summed E-state index contributed by atoms with van der Waals surface area (Å²) < 4.78 is 0. The fraction of sp³-hybridized carbons (Fsp3) is 0.154. The zero-order valence-corrected chi connectivity index (χ0v) is 10.3. The largest absolute Gasteiger partial charge is 0.397 e. The molecule has 0 radical (unpaired) electrons. The highest BCUT2D eigenvalue weighted by Gasteiger charge is 2.02. The summed E-state index contributed by atoms with van der Waals surface area (Å²) in [5.74, 6) is 0.801. The molecule has 0 spiro atoms. The van der Waals surface area contributed by atoms with E-state index in [1.54, 1.807) is 17.8 Å². The summed E-state index contributed by atoms with van der Waals surface area (Å²) in [4.78, 5) is 4.29. The summed E-state index contributed by atoms with van der Waals surface area (Å²) in [6, 6.07) is 1.93. The first kappa shape index (κ1) is 12.6. The minimum atomic E-state index is 0.729. The van der Waals surface area contributed by atoms with Gasteiger partial charge in [0.05, 0.1) is 5.69 Å². The molecular formula is C13H16N2S. The molecule has 2 N–H and O–H groups in total. The second-order valence-electron chi connectivity index (χ2n) is 3.38. The van der Waals surface area contributed by atoms with Crippen LogP contribution in [0.1, 0.15) is 5.56 Å². The Labute approximate surface area is 101 Å². The average Bonchev–Trinajstić information content (AvgIpc) is 2.26. The minimum Gasteiger partial charge on any atom is -0.397 e. The van der Waals surface area contributed by atoms with Crippen LogP contribution in [0, 0.1) is 6.92 Å². The van der Waals surface area contributed by atoms with Crippen LogP contribution < -0.4 is 5.73 Å². The number of aromatic nitrogens is 1. The predicted molar refractivity (Wildman–Crippen MR) is 72.6 cm³/mol. The van der Waals surface area contributed by atoms with Crippen LogP contribution in [0.4, 0.5) is 5.69 Å². The van der Waals surface area contributed by atoms with Crippen molar-refractivity contribution in [2.75, 3.05) is 11.5 Å². The maximum Gasteiger partial charge on any atom is 0.119 e. The van der Waals surface area contributed by atoms with Crippen LogP contribution >= 0.6 is 11.8 Å². The Bertz CT molecular complexity index is 422. The molecule has 16 heavy (non-hydrogen) atoms. The lowest BCUT2D eigenvalue weighted by Crippen LogP contribution is -1.94. The molecular weight excluding hydrogens is 216 g/mol. The molecule has 0 aliphatic carbocycles. The summed E-state index contributed by atoms with van der Waals surface area (Å²) >= 11 is 1.60. The number of aryl methyl sites for hydroxylation is 1. The summed E-state index contributed by atoms with van der Waals surface area (Å²) in [5, 5.41) is 0.863. The van der Waals surface area contributed by atoms with E-state index >= 15 is 0 Å². The highest BCUT2D eigenvalue weighted by Crippen LogP contribution is 2.24. The van der Waals surface area contributed by atoms with Crippen molar-refractivity contribution in [2.24, 2.45) is 0 Å². The van der Waals surface area contributed by atoms with E-state index in [0.717, 1.165) is 27.6 Å². The molecule has 2 nitrogen and oxygen atoms in total. The molecule has 0 atom stereocenters. The van der Waals surface area contributed by atoms with E-state index < -0.39 is 0 Å². The summed E-state index contributed by atoms with van der Waals surface area (Å²) in [6.45, 7) is 9.38. The van der Waals surface area contributed by atoms with Crippen LogP contribution in [-0.4, -0.2) is 10.7 Å². The lowest BCUT2D eigenvalue weighted by molar-refractivity contribution is 1.12. The number of nitrogen functional groups attached to an aromatic ring is 1. The third kappa shape index (κ3) is 3.59. The van der Waals surface area contributed by atoms with Gasteiger partial charge in [-0.2, -0.15) is 0 Å². The molecule has 1 aromatic heterocycles. The quantitative estimate of drug-likeness (QED) is 0.625. The third-order valence-corrected chi connectivity index (χ3v) is 3.08. The molecule has 0 unspecified atom stereocenters. The summed E-state index contributed by atoms with van der Waals surface area (Å²) in [7, 11) is 0. The van der Waals surface area contributed by atoms with Gasteiger partial charge in [-0.1, -0.05) is 43.1 Å². The van der Waals surface area contributed by atoms with Gasteiger partial charge < -0.3 is 5.73 Å². The standard InChI is InChI=1S/C13H16N2S/c1-4-6-11(5-2)9-16-13-12(14)7-10(3)8-15-13/h4-8H,1-2,9,14H2,3H3/b11-6+. The number of thioether (sulfide) groups is 1. The molecule has 84 valence electrons. The minimum absolute atomic E-state index is 0.729. The van der Waals surface area contributed by atoms with Gasteiger partial charge in [-0.15, -0.1) is 0 Å². The van der Waals surface area contributed by atoms with E-state index in [1.807, 2.05) is 31.3 Å².